The zero-order chi connectivity index (χ0) is 16.8. The van der Waals surface area contributed by atoms with Crippen LogP contribution in [0, 0.1) is 0 Å². The van der Waals surface area contributed by atoms with E-state index in [9.17, 15) is 9.90 Å². The van der Waals surface area contributed by atoms with Gasteiger partial charge in [0.1, 0.15) is 0 Å². The van der Waals surface area contributed by atoms with E-state index in [2.05, 4.69) is 10.3 Å². The van der Waals surface area contributed by atoms with E-state index in [1.54, 1.807) is 34.1 Å². The maximum atomic E-state index is 12.7. The molecule has 1 N–H and O–H groups in total. The molecular formula is C18H18N4O2. The van der Waals surface area contributed by atoms with Crippen LogP contribution in [0.4, 0.5) is 0 Å². The van der Waals surface area contributed by atoms with Crippen molar-refractivity contribution in [2.75, 3.05) is 13.2 Å². The first kappa shape index (κ1) is 15.9. The third-order valence-corrected chi connectivity index (χ3v) is 3.67. The lowest BCUT2D eigenvalue weighted by Gasteiger charge is -2.22. The fraction of sp³-hybridized carbons (Fsp3) is 0.167. The predicted molar refractivity (Wildman–Crippen MR) is 89.6 cm³/mol. The maximum Gasteiger partial charge on any atom is 0.254 e. The average Bonchev–Trinajstić information content (AvgIpc) is 3.16. The summed E-state index contributed by atoms with van der Waals surface area (Å²) >= 11 is 0. The molecule has 0 bridgehead atoms. The van der Waals surface area contributed by atoms with Gasteiger partial charge in [0, 0.05) is 18.7 Å². The summed E-state index contributed by atoms with van der Waals surface area (Å²) in [5, 5.41) is 17.0. The molecule has 1 aromatic heterocycles. The number of aromatic nitrogens is 3. The molecule has 1 heterocycles. The molecule has 0 fully saturated rings. The number of aliphatic hydroxyl groups is 1. The van der Waals surface area contributed by atoms with Gasteiger partial charge >= 0.3 is 0 Å². The lowest BCUT2D eigenvalue weighted by atomic mass is 10.1. The Morgan fingerprint density at radius 3 is 2.46 bits per heavy atom. The summed E-state index contributed by atoms with van der Waals surface area (Å²) in [6.45, 7) is 0.680. The van der Waals surface area contributed by atoms with E-state index < -0.39 is 0 Å². The number of aliphatic hydroxyl groups excluding tert-OH is 1. The summed E-state index contributed by atoms with van der Waals surface area (Å²) < 4.78 is 1.63. The second kappa shape index (κ2) is 7.52. The Kier molecular flexibility index (Phi) is 4.98. The number of rotatable bonds is 6. The van der Waals surface area contributed by atoms with Crippen LogP contribution in [0.1, 0.15) is 15.9 Å². The Bertz CT molecular complexity index is 771. The van der Waals surface area contributed by atoms with Crippen molar-refractivity contribution in [2.45, 2.75) is 6.54 Å². The van der Waals surface area contributed by atoms with Gasteiger partial charge in [-0.05, 0) is 29.8 Å². The van der Waals surface area contributed by atoms with E-state index in [0.29, 0.717) is 18.7 Å². The Morgan fingerprint density at radius 2 is 1.83 bits per heavy atom. The van der Waals surface area contributed by atoms with Crippen LogP contribution in [0.25, 0.3) is 5.69 Å². The minimum atomic E-state index is -0.113. The molecule has 122 valence electrons. The highest BCUT2D eigenvalue weighted by atomic mass is 16.3. The third kappa shape index (κ3) is 3.67. The molecule has 0 radical (unpaired) electrons. The van der Waals surface area contributed by atoms with E-state index in [-0.39, 0.29) is 12.5 Å². The first-order valence-corrected chi connectivity index (χ1v) is 7.69. The quantitative estimate of drug-likeness (QED) is 0.752. The van der Waals surface area contributed by atoms with Crippen molar-refractivity contribution >= 4 is 5.91 Å². The monoisotopic (exact) mass is 322 g/mol. The van der Waals surface area contributed by atoms with Crippen LogP contribution < -0.4 is 0 Å². The van der Waals surface area contributed by atoms with Gasteiger partial charge in [-0.2, -0.15) is 0 Å². The smallest absolute Gasteiger partial charge is 0.254 e. The van der Waals surface area contributed by atoms with E-state index in [4.69, 9.17) is 0 Å². The van der Waals surface area contributed by atoms with Crippen LogP contribution in [0.3, 0.4) is 0 Å². The zero-order valence-corrected chi connectivity index (χ0v) is 13.1. The van der Waals surface area contributed by atoms with Crippen LogP contribution in [0.15, 0.2) is 67.0 Å². The van der Waals surface area contributed by atoms with Gasteiger partial charge in [-0.3, -0.25) is 4.79 Å². The number of hydrogen-bond acceptors (Lipinski definition) is 4. The van der Waals surface area contributed by atoms with Gasteiger partial charge in [0.15, 0.2) is 0 Å². The summed E-state index contributed by atoms with van der Waals surface area (Å²) in [5.41, 5.74) is 2.43. The molecule has 6 nitrogen and oxygen atoms in total. The van der Waals surface area contributed by atoms with E-state index >= 15 is 0 Å². The highest BCUT2D eigenvalue weighted by Gasteiger charge is 2.15. The molecule has 0 aliphatic rings. The van der Waals surface area contributed by atoms with Crippen LogP contribution in [-0.2, 0) is 6.54 Å². The number of carbonyl (C=O) groups excluding carboxylic acids is 1. The molecule has 2 aromatic carbocycles. The number of nitrogens with zero attached hydrogens (tertiary/aromatic N) is 4. The van der Waals surface area contributed by atoms with Crippen molar-refractivity contribution in [3.05, 3.63) is 78.1 Å². The SMILES string of the molecule is O=C(c1ccc(-n2ccnn2)cc1)N(CCO)Cc1ccccc1. The minimum absolute atomic E-state index is 0.0738. The molecule has 3 rings (SSSR count). The fourth-order valence-corrected chi connectivity index (χ4v) is 2.46. The predicted octanol–water partition coefficient (Wildman–Crippen LogP) is 1.90. The van der Waals surface area contributed by atoms with Crippen molar-refractivity contribution < 1.29 is 9.90 Å². The largest absolute Gasteiger partial charge is 0.395 e. The Morgan fingerprint density at radius 1 is 1.08 bits per heavy atom. The second-order valence-corrected chi connectivity index (χ2v) is 5.33. The summed E-state index contributed by atoms with van der Waals surface area (Å²) in [5.74, 6) is -0.113. The normalized spacial score (nSPS) is 10.5. The number of hydrogen-bond donors (Lipinski definition) is 1. The first-order chi connectivity index (χ1) is 11.8. The summed E-state index contributed by atoms with van der Waals surface area (Å²) in [4.78, 5) is 14.4. The highest BCUT2D eigenvalue weighted by molar-refractivity contribution is 5.94. The minimum Gasteiger partial charge on any atom is -0.395 e. The number of amides is 1. The summed E-state index contributed by atoms with van der Waals surface area (Å²) in [7, 11) is 0. The Labute approximate surface area is 140 Å². The molecule has 0 aliphatic heterocycles. The van der Waals surface area contributed by atoms with Gasteiger partial charge in [-0.25, -0.2) is 4.68 Å². The van der Waals surface area contributed by atoms with E-state index in [1.807, 2.05) is 42.5 Å². The van der Waals surface area contributed by atoms with Crippen molar-refractivity contribution in [2.24, 2.45) is 0 Å². The molecule has 6 heteroatoms. The van der Waals surface area contributed by atoms with E-state index in [1.165, 1.54) is 0 Å². The molecule has 0 saturated carbocycles. The zero-order valence-electron chi connectivity index (χ0n) is 13.1. The molecule has 0 saturated heterocycles. The molecule has 0 aliphatic carbocycles. The molecule has 0 atom stereocenters. The highest BCUT2D eigenvalue weighted by Crippen LogP contribution is 2.13. The van der Waals surface area contributed by atoms with Crippen LogP contribution in [-0.4, -0.2) is 44.1 Å². The van der Waals surface area contributed by atoms with Gasteiger partial charge in [0.2, 0.25) is 0 Å². The second-order valence-electron chi connectivity index (χ2n) is 5.33. The topological polar surface area (TPSA) is 71.2 Å². The average molecular weight is 322 g/mol. The molecule has 0 unspecified atom stereocenters. The van der Waals surface area contributed by atoms with E-state index in [0.717, 1.165) is 11.3 Å². The van der Waals surface area contributed by atoms with Gasteiger partial charge < -0.3 is 10.0 Å². The standard InChI is InChI=1S/C18H18N4O2/c23-13-12-21(14-15-4-2-1-3-5-15)18(24)16-6-8-17(9-7-16)22-11-10-19-20-22/h1-11,23H,12-14H2. The van der Waals surface area contributed by atoms with Gasteiger partial charge in [0.05, 0.1) is 24.7 Å². The molecular weight excluding hydrogens is 304 g/mol. The third-order valence-electron chi connectivity index (χ3n) is 3.67. The molecule has 3 aromatic rings. The molecule has 24 heavy (non-hydrogen) atoms. The Hall–Kier alpha value is -2.99. The van der Waals surface area contributed by atoms with Gasteiger partial charge in [0.25, 0.3) is 5.91 Å². The summed E-state index contributed by atoms with van der Waals surface area (Å²) in [6, 6.07) is 16.9. The van der Waals surface area contributed by atoms with Crippen LogP contribution >= 0.6 is 0 Å². The Balaban J connectivity index is 1.77. The summed E-state index contributed by atoms with van der Waals surface area (Å²) in [6.07, 6.45) is 3.34. The van der Waals surface area contributed by atoms with Crippen molar-refractivity contribution in [3.63, 3.8) is 0 Å². The lowest BCUT2D eigenvalue weighted by Crippen LogP contribution is -2.33. The number of carbonyl (C=O) groups is 1. The van der Waals surface area contributed by atoms with Gasteiger partial charge in [-0.15, -0.1) is 5.10 Å². The fourth-order valence-electron chi connectivity index (χ4n) is 2.46. The van der Waals surface area contributed by atoms with Crippen molar-refractivity contribution in [1.82, 2.24) is 19.9 Å². The molecule has 0 spiro atoms. The van der Waals surface area contributed by atoms with Crippen LogP contribution in [0.5, 0.6) is 0 Å². The molecule has 1 amide bonds. The van der Waals surface area contributed by atoms with Crippen molar-refractivity contribution in [3.8, 4) is 5.69 Å². The number of benzene rings is 2. The maximum absolute atomic E-state index is 12.7. The van der Waals surface area contributed by atoms with Crippen molar-refractivity contribution in [1.29, 1.82) is 0 Å². The first-order valence-electron chi connectivity index (χ1n) is 7.69. The lowest BCUT2D eigenvalue weighted by molar-refractivity contribution is 0.0708. The van der Waals surface area contributed by atoms with Gasteiger partial charge in [-0.1, -0.05) is 35.5 Å². The van der Waals surface area contributed by atoms with Crippen LogP contribution in [0.2, 0.25) is 0 Å².